The molecule has 0 aliphatic heterocycles. The molecule has 15 heavy (non-hydrogen) atoms. The van der Waals surface area contributed by atoms with Gasteiger partial charge in [0.25, 0.3) is 0 Å². The van der Waals surface area contributed by atoms with Crippen molar-refractivity contribution < 1.29 is 32.6 Å². The van der Waals surface area contributed by atoms with E-state index in [2.05, 4.69) is 8.83 Å². The molecule has 0 aliphatic carbocycles. The number of rotatable bonds is 4. The zero-order chi connectivity index (χ0) is 9.83. The van der Waals surface area contributed by atoms with Crippen molar-refractivity contribution >= 4 is 15.6 Å². The lowest BCUT2D eigenvalue weighted by atomic mass is 10.8. The molecule has 0 spiro atoms. The van der Waals surface area contributed by atoms with Crippen LogP contribution in [0.4, 0.5) is 0 Å². The first-order valence-electron chi connectivity index (χ1n) is 2.61. The highest BCUT2D eigenvalue weighted by molar-refractivity contribution is 7.58. The summed E-state index contributed by atoms with van der Waals surface area (Å²) in [6.07, 6.45) is 1.85. The van der Waals surface area contributed by atoms with Gasteiger partial charge in [-0.1, -0.05) is 6.08 Å². The van der Waals surface area contributed by atoms with E-state index in [1.54, 1.807) is 0 Å². The smallest absolute Gasteiger partial charge is 0.323 e. The van der Waals surface area contributed by atoms with E-state index in [1.807, 2.05) is 0 Å². The summed E-state index contributed by atoms with van der Waals surface area (Å²) < 4.78 is 27.0. The maximum absolute atomic E-state index is 10.4. The zero-order valence-electron chi connectivity index (χ0n) is 8.91. The van der Waals surface area contributed by atoms with Crippen molar-refractivity contribution in [3.63, 3.8) is 0 Å². The minimum Gasteiger partial charge on any atom is -0.789 e. The van der Waals surface area contributed by atoms with Gasteiger partial charge in [-0.15, -0.1) is 0 Å². The maximum Gasteiger partial charge on any atom is 0.323 e. The molecule has 0 fully saturated rings. The average Bonchev–Trinajstić information content (AvgIpc) is 1.78. The van der Waals surface area contributed by atoms with Gasteiger partial charge in [0, 0.05) is 0 Å². The second kappa shape index (κ2) is 8.98. The van der Waals surface area contributed by atoms with E-state index < -0.39 is 15.6 Å². The van der Waals surface area contributed by atoms with Gasteiger partial charge >= 0.3 is 7.82 Å². The van der Waals surface area contributed by atoms with Gasteiger partial charge in [-0.05, 0) is 6.92 Å². The highest BCUT2D eigenvalue weighted by Crippen LogP contribution is 2.50. The van der Waals surface area contributed by atoms with E-state index >= 15 is 0 Å². The molecule has 0 aromatic carbocycles. The van der Waals surface area contributed by atoms with Crippen molar-refractivity contribution in [3.8, 4) is 0 Å². The van der Waals surface area contributed by atoms with Crippen LogP contribution in [-0.4, -0.2) is 0 Å². The van der Waals surface area contributed by atoms with E-state index in [-0.39, 0.29) is 18.5 Å². The fourth-order valence-electron chi connectivity index (χ4n) is 0.277. The Balaban J connectivity index is -0.000000202. The Morgan fingerprint density at radius 1 is 1.07 bits per heavy atom. The first-order valence-corrected chi connectivity index (χ1v) is 5.53. The molecule has 0 heterocycles. The first kappa shape index (κ1) is 24.1. The van der Waals surface area contributed by atoms with E-state index in [0.717, 1.165) is 0 Å². The van der Waals surface area contributed by atoms with Crippen molar-refractivity contribution in [2.75, 3.05) is 0 Å². The molecule has 10 nitrogen and oxygen atoms in total. The van der Waals surface area contributed by atoms with E-state index in [0.29, 0.717) is 6.26 Å². The second-order valence-corrected chi connectivity index (χ2v) is 4.20. The number of hydrogen-bond donors (Lipinski definition) is 3. The fraction of sp³-hybridized carbons (Fsp3) is 0.333. The Hall–Kier alpha value is -0.280. The van der Waals surface area contributed by atoms with Gasteiger partial charge in [-0.25, -0.2) is 0 Å². The molecule has 0 amide bonds. The van der Waals surface area contributed by atoms with Crippen LogP contribution in [0.25, 0.3) is 0 Å². The van der Waals surface area contributed by atoms with Gasteiger partial charge in [-0.3, -0.25) is 8.88 Å². The summed E-state index contributed by atoms with van der Waals surface area (Å²) in [6.45, 7) is 1.42. The molecule has 96 valence electrons. The van der Waals surface area contributed by atoms with Crippen molar-refractivity contribution in [1.82, 2.24) is 18.5 Å². The molecule has 0 saturated carbocycles. The van der Waals surface area contributed by atoms with Gasteiger partial charge in [0.2, 0.25) is 0 Å². The Morgan fingerprint density at radius 2 is 1.47 bits per heavy atom. The maximum atomic E-state index is 10.4. The summed E-state index contributed by atoms with van der Waals surface area (Å²) in [5.74, 6) is 0. The minimum absolute atomic E-state index is 0. The van der Waals surface area contributed by atoms with Crippen LogP contribution in [0.1, 0.15) is 6.92 Å². The fourth-order valence-corrected chi connectivity index (χ4v) is 1.68. The Bertz CT molecular complexity index is 262. The number of hydrogen-bond acceptors (Lipinski definition) is 7. The van der Waals surface area contributed by atoms with Gasteiger partial charge in [0.1, 0.15) is 0 Å². The molecule has 0 aromatic rings. The number of quaternary nitrogens is 3. The molecule has 0 saturated heterocycles. The van der Waals surface area contributed by atoms with Gasteiger partial charge in [0.15, 0.2) is 0 Å². The highest BCUT2D eigenvalue weighted by Gasteiger charge is 2.09. The van der Waals surface area contributed by atoms with Gasteiger partial charge in [0.05, 0.1) is 14.1 Å². The van der Waals surface area contributed by atoms with Gasteiger partial charge < -0.3 is 42.2 Å². The Labute approximate surface area is 86.9 Å². The Morgan fingerprint density at radius 3 is 1.73 bits per heavy atom. The summed E-state index contributed by atoms with van der Waals surface area (Å²) in [6, 6.07) is 0. The molecular formula is C3H17N3O7P2. The van der Waals surface area contributed by atoms with Crippen molar-refractivity contribution in [2.24, 2.45) is 0 Å². The van der Waals surface area contributed by atoms with Crippen molar-refractivity contribution in [2.45, 2.75) is 6.92 Å². The summed E-state index contributed by atoms with van der Waals surface area (Å²) in [7, 11) is -10.6. The first-order chi connectivity index (χ1) is 5.27. The monoisotopic (exact) mass is 269 g/mol. The molecular weight excluding hydrogens is 252 g/mol. The summed E-state index contributed by atoms with van der Waals surface area (Å²) in [5, 5.41) is 0. The lowest BCUT2D eigenvalue weighted by molar-refractivity contribution is -0.339. The number of allylic oxidation sites excluding steroid dienone is 1. The molecule has 1 unspecified atom stereocenters. The topological polar surface area (TPSA) is 231 Å². The lowest BCUT2D eigenvalue weighted by Crippen LogP contribution is -2.18. The van der Waals surface area contributed by atoms with Crippen LogP contribution in [-0.2, 0) is 18.0 Å². The van der Waals surface area contributed by atoms with Crippen LogP contribution < -0.4 is 33.1 Å². The summed E-state index contributed by atoms with van der Waals surface area (Å²) in [4.78, 5) is 29.9. The van der Waals surface area contributed by atoms with Crippen LogP contribution >= 0.6 is 15.6 Å². The molecule has 0 rings (SSSR count). The predicted molar refractivity (Wildman–Crippen MR) is 50.2 cm³/mol. The molecule has 0 aromatic heterocycles. The lowest BCUT2D eigenvalue weighted by Gasteiger charge is -2.34. The van der Waals surface area contributed by atoms with Crippen LogP contribution in [0.2, 0.25) is 0 Å². The summed E-state index contributed by atoms with van der Waals surface area (Å²) >= 11 is 0. The predicted octanol–water partition coefficient (Wildman–Crippen LogP) is -0.0211. The largest absolute Gasteiger partial charge is 0.789 e. The average molecular weight is 269 g/mol. The standard InChI is InChI=1S/C3H8O7P2.3H3N/c1-2-3-9-12(7,8)10-11(4,5)6;;;/h2-3H,1H3,(H,7,8)(H2,4,5,6);3*1H3. The van der Waals surface area contributed by atoms with Gasteiger partial charge in [-0.2, -0.15) is 0 Å². The van der Waals surface area contributed by atoms with E-state index in [1.165, 1.54) is 13.0 Å². The van der Waals surface area contributed by atoms with E-state index in [4.69, 9.17) is 0 Å². The zero-order valence-corrected chi connectivity index (χ0v) is 10.7. The summed E-state index contributed by atoms with van der Waals surface area (Å²) in [5.41, 5.74) is 0. The number of phosphoric acid groups is 2. The molecule has 0 aliphatic rings. The van der Waals surface area contributed by atoms with Crippen molar-refractivity contribution in [1.29, 1.82) is 0 Å². The molecule has 0 bridgehead atoms. The third-order valence-corrected chi connectivity index (χ3v) is 2.51. The normalized spacial score (nSPS) is 14.1. The highest BCUT2D eigenvalue weighted by atomic mass is 31.3. The second-order valence-electron chi connectivity index (χ2n) is 1.55. The van der Waals surface area contributed by atoms with Crippen molar-refractivity contribution in [3.05, 3.63) is 12.3 Å². The number of phosphoric ester groups is 1. The molecule has 12 heteroatoms. The van der Waals surface area contributed by atoms with E-state index in [9.17, 15) is 23.8 Å². The quantitative estimate of drug-likeness (QED) is 0.465. The molecule has 12 N–H and O–H groups in total. The molecule has 1 atom stereocenters. The third-order valence-electron chi connectivity index (χ3n) is 0.526. The van der Waals surface area contributed by atoms with Crippen LogP contribution in [0, 0.1) is 0 Å². The van der Waals surface area contributed by atoms with Crippen LogP contribution in [0.15, 0.2) is 12.3 Å². The SMILES string of the molecule is CC=COP(=O)([O-])OP(=O)([O-])[O-].[NH4+].[NH4+].[NH4+]. The minimum atomic E-state index is -5.56. The van der Waals surface area contributed by atoms with Crippen LogP contribution in [0.5, 0.6) is 0 Å². The third kappa shape index (κ3) is 16.4. The Kier molecular flexibility index (Phi) is 14.4. The molecule has 0 radical (unpaired) electrons. The van der Waals surface area contributed by atoms with Crippen LogP contribution in [0.3, 0.4) is 0 Å².